The monoisotopic (exact) mass is 450 g/mol. The molecule has 3 aromatic carbocycles. The molecule has 0 spiro atoms. The number of aryl methyl sites for hydroxylation is 1. The number of H-pyrrole nitrogens is 1. The van der Waals surface area contributed by atoms with Crippen LogP contribution in [0.2, 0.25) is 5.02 Å². The fourth-order valence-corrected chi connectivity index (χ4v) is 4.80. The van der Waals surface area contributed by atoms with Gasteiger partial charge in [-0.25, -0.2) is 8.78 Å². The number of carbonyl (C=O) groups is 1. The van der Waals surface area contributed by atoms with Crippen LogP contribution in [0.25, 0.3) is 22.0 Å². The normalized spacial score (nSPS) is 16.1. The smallest absolute Gasteiger partial charge is 0.257 e. The van der Waals surface area contributed by atoms with Crippen molar-refractivity contribution in [2.45, 2.75) is 25.8 Å². The van der Waals surface area contributed by atoms with Gasteiger partial charge in [0.2, 0.25) is 0 Å². The number of aromatic amines is 1. The Kier molecular flexibility index (Phi) is 5.22. The van der Waals surface area contributed by atoms with Gasteiger partial charge in [0.05, 0.1) is 11.6 Å². The molecule has 3 nitrogen and oxygen atoms in total. The maximum Gasteiger partial charge on any atom is 0.257 e. The number of nitrogens with zero attached hydrogens (tertiary/aromatic N) is 1. The van der Waals surface area contributed by atoms with Gasteiger partial charge in [0.1, 0.15) is 0 Å². The number of amides is 1. The molecule has 1 aliphatic rings. The first-order valence-electron chi connectivity index (χ1n) is 10.6. The van der Waals surface area contributed by atoms with Crippen molar-refractivity contribution in [3.05, 3.63) is 94.1 Å². The minimum absolute atomic E-state index is 0.177. The highest BCUT2D eigenvalue weighted by Gasteiger charge is 2.35. The molecule has 6 heteroatoms. The van der Waals surface area contributed by atoms with Crippen LogP contribution in [0.1, 0.15) is 40.5 Å². The van der Waals surface area contributed by atoms with Crippen molar-refractivity contribution in [3.63, 3.8) is 0 Å². The summed E-state index contributed by atoms with van der Waals surface area (Å²) < 4.78 is 28.8. The zero-order chi connectivity index (χ0) is 22.4. The second-order valence-corrected chi connectivity index (χ2v) is 8.62. The van der Waals surface area contributed by atoms with E-state index in [1.54, 1.807) is 4.90 Å². The Bertz CT molecular complexity index is 1330. The average molecular weight is 451 g/mol. The highest BCUT2D eigenvalue weighted by atomic mass is 35.5. The molecule has 1 aromatic heterocycles. The lowest BCUT2D eigenvalue weighted by Crippen LogP contribution is -2.32. The third-order valence-corrected chi connectivity index (χ3v) is 6.44. The lowest BCUT2D eigenvalue weighted by Gasteiger charge is -2.26. The van der Waals surface area contributed by atoms with Crippen LogP contribution in [-0.2, 0) is 0 Å². The molecule has 0 aliphatic carbocycles. The number of rotatable bonds is 3. The van der Waals surface area contributed by atoms with Gasteiger partial charge in [0.25, 0.3) is 5.91 Å². The van der Waals surface area contributed by atoms with E-state index >= 15 is 0 Å². The summed E-state index contributed by atoms with van der Waals surface area (Å²) in [4.78, 5) is 18.4. The number of aromatic nitrogens is 1. The molecule has 32 heavy (non-hydrogen) atoms. The largest absolute Gasteiger partial charge is 0.356 e. The van der Waals surface area contributed by atoms with Crippen LogP contribution in [0.15, 0.2) is 60.7 Å². The molecular weight excluding hydrogens is 430 g/mol. The zero-order valence-electron chi connectivity index (χ0n) is 17.5. The maximum atomic E-state index is 14.6. The topological polar surface area (TPSA) is 36.1 Å². The van der Waals surface area contributed by atoms with E-state index in [9.17, 15) is 13.6 Å². The molecule has 1 amide bonds. The van der Waals surface area contributed by atoms with E-state index in [1.165, 1.54) is 19.1 Å². The predicted molar refractivity (Wildman–Crippen MR) is 123 cm³/mol. The van der Waals surface area contributed by atoms with Crippen LogP contribution in [0.5, 0.6) is 0 Å². The summed E-state index contributed by atoms with van der Waals surface area (Å²) in [5, 5.41) is 1.59. The molecule has 1 unspecified atom stereocenters. The predicted octanol–water partition coefficient (Wildman–Crippen LogP) is 7.05. The van der Waals surface area contributed by atoms with Crippen molar-refractivity contribution >= 4 is 28.4 Å². The number of carbonyl (C=O) groups excluding carboxylic acids is 1. The fourth-order valence-electron chi connectivity index (χ4n) is 4.63. The first kappa shape index (κ1) is 20.7. The lowest BCUT2D eigenvalue weighted by atomic mass is 9.97. The summed E-state index contributed by atoms with van der Waals surface area (Å²) in [6, 6.07) is 18.1. The van der Waals surface area contributed by atoms with E-state index in [2.05, 4.69) is 4.98 Å². The van der Waals surface area contributed by atoms with Gasteiger partial charge in [0, 0.05) is 33.7 Å². The van der Waals surface area contributed by atoms with Gasteiger partial charge in [-0.05, 0) is 55.2 Å². The quantitative estimate of drug-likeness (QED) is 0.356. The second kappa shape index (κ2) is 8.06. The molecular formula is C26H21ClF2N2O. The molecule has 5 rings (SSSR count). The molecule has 1 aliphatic heterocycles. The number of fused-ring (bicyclic) bond motifs is 1. The van der Waals surface area contributed by atoms with Crippen molar-refractivity contribution in [1.82, 2.24) is 9.88 Å². The van der Waals surface area contributed by atoms with Crippen LogP contribution in [-0.4, -0.2) is 22.3 Å². The molecule has 1 fully saturated rings. The van der Waals surface area contributed by atoms with Crippen LogP contribution in [0.4, 0.5) is 8.78 Å². The minimum atomic E-state index is -1.09. The Hall–Kier alpha value is -3.18. The summed E-state index contributed by atoms with van der Waals surface area (Å²) in [7, 11) is 0. The third kappa shape index (κ3) is 3.37. The Balaban J connectivity index is 1.64. The van der Waals surface area contributed by atoms with Crippen molar-refractivity contribution in [2.24, 2.45) is 0 Å². The second-order valence-electron chi connectivity index (χ2n) is 8.18. The molecule has 1 atom stereocenters. The Morgan fingerprint density at radius 1 is 1.06 bits per heavy atom. The molecule has 1 saturated heterocycles. The molecule has 0 radical (unpaired) electrons. The van der Waals surface area contributed by atoms with E-state index in [4.69, 9.17) is 11.6 Å². The number of hydrogen-bond acceptors (Lipinski definition) is 1. The number of nitrogens with one attached hydrogen (secondary N) is 1. The molecule has 2 heterocycles. The first-order chi connectivity index (χ1) is 15.5. The number of likely N-dealkylation sites (tertiary alicyclic amines) is 1. The molecule has 0 saturated carbocycles. The van der Waals surface area contributed by atoms with Crippen LogP contribution in [0, 0.1) is 18.6 Å². The van der Waals surface area contributed by atoms with Gasteiger partial charge in [-0.3, -0.25) is 4.79 Å². The minimum Gasteiger partial charge on any atom is -0.356 e. The summed E-state index contributed by atoms with van der Waals surface area (Å²) in [6.45, 7) is 1.95. The van der Waals surface area contributed by atoms with Crippen molar-refractivity contribution in [3.8, 4) is 11.1 Å². The van der Waals surface area contributed by atoms with E-state index < -0.39 is 17.5 Å². The zero-order valence-corrected chi connectivity index (χ0v) is 18.2. The number of hydrogen-bond donors (Lipinski definition) is 1. The van der Waals surface area contributed by atoms with Gasteiger partial charge in [-0.1, -0.05) is 48.0 Å². The molecule has 162 valence electrons. The van der Waals surface area contributed by atoms with Crippen molar-refractivity contribution < 1.29 is 13.6 Å². The van der Waals surface area contributed by atoms with Gasteiger partial charge in [-0.15, -0.1) is 0 Å². The van der Waals surface area contributed by atoms with Crippen LogP contribution in [0.3, 0.4) is 0 Å². The van der Waals surface area contributed by atoms with E-state index in [0.717, 1.165) is 40.6 Å². The van der Waals surface area contributed by atoms with E-state index in [1.807, 2.05) is 48.5 Å². The van der Waals surface area contributed by atoms with Crippen molar-refractivity contribution in [2.75, 3.05) is 6.54 Å². The van der Waals surface area contributed by atoms with E-state index in [-0.39, 0.29) is 17.2 Å². The summed E-state index contributed by atoms with van der Waals surface area (Å²) in [5.74, 6) is -2.57. The first-order valence-corrected chi connectivity index (χ1v) is 11.0. The summed E-state index contributed by atoms with van der Waals surface area (Å²) in [6.07, 6.45) is 1.50. The SMILES string of the molecule is Cc1ccc(C(=O)N2CCCC2c2[nH]c3ccc(Cl)cc3c2-c2ccccc2)c(F)c1F. The fraction of sp³-hybridized carbons (Fsp3) is 0.192. The molecule has 1 N–H and O–H groups in total. The van der Waals surface area contributed by atoms with Gasteiger partial charge < -0.3 is 9.88 Å². The Labute approximate surface area is 189 Å². The lowest BCUT2D eigenvalue weighted by molar-refractivity contribution is 0.0728. The van der Waals surface area contributed by atoms with Crippen molar-refractivity contribution in [1.29, 1.82) is 0 Å². The number of benzene rings is 3. The Morgan fingerprint density at radius 3 is 2.62 bits per heavy atom. The number of halogens is 3. The van der Waals surface area contributed by atoms with Gasteiger partial charge >= 0.3 is 0 Å². The average Bonchev–Trinajstić information content (AvgIpc) is 3.42. The van der Waals surface area contributed by atoms with Gasteiger partial charge in [0.15, 0.2) is 11.6 Å². The summed E-state index contributed by atoms with van der Waals surface area (Å²) >= 11 is 6.30. The third-order valence-electron chi connectivity index (χ3n) is 6.20. The van der Waals surface area contributed by atoms with Crippen LogP contribution >= 0.6 is 11.6 Å². The molecule has 0 bridgehead atoms. The standard InChI is InChI=1S/C26H21ClF2N2O/c1-15-9-11-18(24(29)23(15)28)26(32)31-13-5-8-21(31)25-22(16-6-3-2-4-7-16)19-14-17(27)10-12-20(19)30-25/h2-4,6-7,9-12,14,21,30H,5,8,13H2,1H3. The van der Waals surface area contributed by atoms with Gasteiger partial charge in [-0.2, -0.15) is 0 Å². The highest BCUT2D eigenvalue weighted by Crippen LogP contribution is 2.42. The van der Waals surface area contributed by atoms with Crippen LogP contribution < -0.4 is 0 Å². The van der Waals surface area contributed by atoms with E-state index in [0.29, 0.717) is 11.6 Å². The molecule has 4 aromatic rings. The Morgan fingerprint density at radius 2 is 1.84 bits per heavy atom. The highest BCUT2D eigenvalue weighted by molar-refractivity contribution is 6.31. The maximum absolute atomic E-state index is 14.6. The summed E-state index contributed by atoms with van der Waals surface area (Å²) in [5.41, 5.74) is 3.71.